The Hall–Kier alpha value is -3.13. The van der Waals surface area contributed by atoms with E-state index in [4.69, 9.17) is 0 Å². The van der Waals surface area contributed by atoms with Gasteiger partial charge in [-0.15, -0.1) is 0 Å². The van der Waals surface area contributed by atoms with E-state index in [1.54, 1.807) is 12.1 Å². The van der Waals surface area contributed by atoms with Crippen molar-refractivity contribution >= 4 is 23.1 Å². The zero-order chi connectivity index (χ0) is 23.2. The van der Waals surface area contributed by atoms with Gasteiger partial charge in [-0.1, -0.05) is 31.0 Å². The summed E-state index contributed by atoms with van der Waals surface area (Å²) in [5.74, 6) is 0. The minimum atomic E-state index is -0.360. The lowest BCUT2D eigenvalue weighted by molar-refractivity contribution is -0.384. The van der Waals surface area contributed by atoms with Gasteiger partial charge in [0.15, 0.2) is 0 Å². The number of benzene rings is 2. The van der Waals surface area contributed by atoms with Crippen LogP contribution < -0.4 is 15.5 Å². The Balaban J connectivity index is 1.38. The normalized spacial score (nSPS) is 23.2. The molecule has 1 saturated heterocycles. The Kier molecular flexibility index (Phi) is 7.44. The smallest absolute Gasteiger partial charge is 0.319 e. The Bertz CT molecular complexity index is 937. The number of hydrogen-bond acceptors (Lipinski definition) is 5. The van der Waals surface area contributed by atoms with Crippen LogP contribution >= 0.6 is 0 Å². The summed E-state index contributed by atoms with van der Waals surface area (Å²) < 4.78 is 0. The predicted molar refractivity (Wildman–Crippen MR) is 131 cm³/mol. The van der Waals surface area contributed by atoms with E-state index in [1.807, 2.05) is 42.5 Å². The van der Waals surface area contributed by atoms with Crippen molar-refractivity contribution in [1.82, 2.24) is 10.2 Å². The number of likely N-dealkylation sites (N-methyl/N-ethyl adjacent to an activating group) is 1. The third-order valence-corrected chi connectivity index (χ3v) is 7.00. The van der Waals surface area contributed by atoms with Gasteiger partial charge in [-0.3, -0.25) is 15.0 Å². The van der Waals surface area contributed by atoms with Gasteiger partial charge in [0.1, 0.15) is 0 Å². The number of amides is 2. The molecule has 3 atom stereocenters. The standard InChI is InChI=1S/C25H33N5O3/c1-28(22-10-7-17-29(18-22)20-13-15-21(16-14-20)30(32)33)24-12-6-5-11-23(24)27-25(31)26-19-8-3-2-4-9-19/h2-4,8-9,13-16,22-24H,5-7,10-12,17-18H2,1H3,(H2,26,27,31)/t22?,23-,24-/m1/s1. The molecule has 8 heteroatoms. The third-order valence-electron chi connectivity index (χ3n) is 7.00. The molecule has 1 unspecified atom stereocenters. The highest BCUT2D eigenvalue weighted by atomic mass is 16.6. The number of nitrogens with zero attached hydrogens (tertiary/aromatic N) is 3. The number of para-hydroxylation sites is 1. The summed E-state index contributed by atoms with van der Waals surface area (Å²) in [6, 6.07) is 17.0. The van der Waals surface area contributed by atoms with Crippen LogP contribution in [0.3, 0.4) is 0 Å². The summed E-state index contributed by atoms with van der Waals surface area (Å²) in [5, 5.41) is 17.1. The monoisotopic (exact) mass is 451 g/mol. The van der Waals surface area contributed by atoms with E-state index in [0.29, 0.717) is 12.1 Å². The molecule has 1 aliphatic carbocycles. The summed E-state index contributed by atoms with van der Waals surface area (Å²) in [7, 11) is 2.18. The molecule has 0 radical (unpaired) electrons. The average molecular weight is 452 g/mol. The lowest BCUT2D eigenvalue weighted by atomic mass is 9.87. The molecule has 8 nitrogen and oxygen atoms in total. The molecule has 0 aromatic heterocycles. The minimum Gasteiger partial charge on any atom is -0.370 e. The maximum absolute atomic E-state index is 12.6. The van der Waals surface area contributed by atoms with Crippen molar-refractivity contribution in [2.75, 3.05) is 30.4 Å². The molecule has 176 valence electrons. The highest BCUT2D eigenvalue weighted by Gasteiger charge is 2.34. The summed E-state index contributed by atoms with van der Waals surface area (Å²) >= 11 is 0. The van der Waals surface area contributed by atoms with Crippen LogP contribution in [0.2, 0.25) is 0 Å². The second-order valence-electron chi connectivity index (χ2n) is 9.10. The van der Waals surface area contributed by atoms with Crippen molar-refractivity contribution in [3.8, 4) is 0 Å². The van der Waals surface area contributed by atoms with Gasteiger partial charge in [0.2, 0.25) is 0 Å². The number of anilines is 2. The topological polar surface area (TPSA) is 90.8 Å². The Morgan fingerprint density at radius 1 is 1.03 bits per heavy atom. The van der Waals surface area contributed by atoms with E-state index in [-0.39, 0.29) is 22.7 Å². The molecule has 4 rings (SSSR count). The first-order valence-electron chi connectivity index (χ1n) is 11.8. The molecule has 33 heavy (non-hydrogen) atoms. The second kappa shape index (κ2) is 10.7. The number of nitro groups is 1. The molecule has 0 bridgehead atoms. The fraction of sp³-hybridized carbons (Fsp3) is 0.480. The van der Waals surface area contributed by atoms with Gasteiger partial charge in [0, 0.05) is 54.7 Å². The van der Waals surface area contributed by atoms with E-state index in [9.17, 15) is 14.9 Å². The largest absolute Gasteiger partial charge is 0.370 e. The summed E-state index contributed by atoms with van der Waals surface area (Å²) in [4.78, 5) is 28.0. The van der Waals surface area contributed by atoms with Gasteiger partial charge in [-0.05, 0) is 57.0 Å². The Morgan fingerprint density at radius 2 is 1.76 bits per heavy atom. The van der Waals surface area contributed by atoms with Crippen molar-refractivity contribution in [3.63, 3.8) is 0 Å². The molecular weight excluding hydrogens is 418 g/mol. The predicted octanol–water partition coefficient (Wildman–Crippen LogP) is 4.63. The lowest BCUT2D eigenvalue weighted by Gasteiger charge is -2.45. The quantitative estimate of drug-likeness (QED) is 0.494. The van der Waals surface area contributed by atoms with E-state index >= 15 is 0 Å². The van der Waals surface area contributed by atoms with Crippen LogP contribution in [0.4, 0.5) is 21.9 Å². The first kappa shape index (κ1) is 23.0. The van der Waals surface area contributed by atoms with Crippen LogP contribution in [0, 0.1) is 10.1 Å². The van der Waals surface area contributed by atoms with Crippen LogP contribution in [0.15, 0.2) is 54.6 Å². The van der Waals surface area contributed by atoms with Gasteiger partial charge in [-0.2, -0.15) is 0 Å². The maximum Gasteiger partial charge on any atom is 0.319 e. The van der Waals surface area contributed by atoms with E-state index in [1.165, 1.54) is 6.42 Å². The van der Waals surface area contributed by atoms with Crippen LogP contribution in [0.1, 0.15) is 38.5 Å². The van der Waals surface area contributed by atoms with Crippen molar-refractivity contribution in [2.45, 2.75) is 56.7 Å². The number of carbonyl (C=O) groups is 1. The number of carbonyl (C=O) groups excluding carboxylic acids is 1. The third kappa shape index (κ3) is 5.82. The van der Waals surface area contributed by atoms with E-state index in [2.05, 4.69) is 27.5 Å². The molecule has 2 aliphatic rings. The summed E-state index contributed by atoms with van der Waals surface area (Å²) in [6.45, 7) is 1.84. The lowest BCUT2D eigenvalue weighted by Crippen LogP contribution is -2.58. The van der Waals surface area contributed by atoms with Gasteiger partial charge in [-0.25, -0.2) is 4.79 Å². The minimum absolute atomic E-state index is 0.113. The van der Waals surface area contributed by atoms with Gasteiger partial charge in [0.05, 0.1) is 4.92 Å². The molecule has 2 aromatic carbocycles. The van der Waals surface area contributed by atoms with Crippen molar-refractivity contribution < 1.29 is 9.72 Å². The van der Waals surface area contributed by atoms with Gasteiger partial charge < -0.3 is 15.5 Å². The Labute approximate surface area is 195 Å². The van der Waals surface area contributed by atoms with Gasteiger partial charge >= 0.3 is 6.03 Å². The fourth-order valence-corrected chi connectivity index (χ4v) is 5.20. The SMILES string of the molecule is CN(C1CCCN(c2ccc([N+](=O)[O-])cc2)C1)[C@@H]1CCCC[C@H]1NC(=O)Nc1ccccc1. The number of piperidine rings is 1. The number of rotatable bonds is 6. The van der Waals surface area contributed by atoms with Crippen LogP contribution in [-0.2, 0) is 0 Å². The molecule has 1 saturated carbocycles. The molecule has 1 heterocycles. The van der Waals surface area contributed by atoms with Crippen molar-refractivity contribution in [3.05, 3.63) is 64.7 Å². The number of urea groups is 1. The zero-order valence-corrected chi connectivity index (χ0v) is 19.2. The fourth-order valence-electron chi connectivity index (χ4n) is 5.20. The first-order valence-corrected chi connectivity index (χ1v) is 11.8. The maximum atomic E-state index is 12.6. The number of nitrogens with one attached hydrogen (secondary N) is 2. The van der Waals surface area contributed by atoms with E-state index in [0.717, 1.165) is 56.6 Å². The highest BCUT2D eigenvalue weighted by Crippen LogP contribution is 2.29. The second-order valence-corrected chi connectivity index (χ2v) is 9.10. The summed E-state index contributed by atoms with van der Waals surface area (Å²) in [5.41, 5.74) is 1.94. The van der Waals surface area contributed by atoms with Crippen LogP contribution in [0.25, 0.3) is 0 Å². The molecule has 2 fully saturated rings. The molecule has 2 N–H and O–H groups in total. The molecule has 0 spiro atoms. The number of hydrogen-bond donors (Lipinski definition) is 2. The molecule has 2 aromatic rings. The Morgan fingerprint density at radius 3 is 2.48 bits per heavy atom. The van der Waals surface area contributed by atoms with E-state index < -0.39 is 0 Å². The average Bonchev–Trinajstić information content (AvgIpc) is 2.84. The van der Waals surface area contributed by atoms with Crippen molar-refractivity contribution in [2.24, 2.45) is 0 Å². The molecule has 2 amide bonds. The first-order chi connectivity index (χ1) is 16.0. The van der Waals surface area contributed by atoms with Crippen LogP contribution in [0.5, 0.6) is 0 Å². The number of nitro benzene ring substituents is 1. The van der Waals surface area contributed by atoms with Gasteiger partial charge in [0.25, 0.3) is 5.69 Å². The zero-order valence-electron chi connectivity index (χ0n) is 19.2. The summed E-state index contributed by atoms with van der Waals surface area (Å²) in [6.07, 6.45) is 6.54. The highest BCUT2D eigenvalue weighted by molar-refractivity contribution is 5.89. The van der Waals surface area contributed by atoms with Crippen molar-refractivity contribution in [1.29, 1.82) is 0 Å². The molecule has 1 aliphatic heterocycles. The molecular formula is C25H33N5O3. The van der Waals surface area contributed by atoms with Crippen LogP contribution in [-0.4, -0.2) is 54.1 Å². The number of non-ortho nitro benzene ring substituents is 1.